The first-order valence-electron chi connectivity index (χ1n) is 4.69. The van der Waals surface area contributed by atoms with Crippen LogP contribution in [0.15, 0.2) is 12.2 Å². The van der Waals surface area contributed by atoms with Gasteiger partial charge in [0.05, 0.1) is 0 Å². The lowest BCUT2D eigenvalue weighted by molar-refractivity contribution is -0.147. The molecule has 1 rings (SSSR count). The molecule has 2 nitrogen and oxygen atoms in total. The van der Waals surface area contributed by atoms with Gasteiger partial charge in [0.15, 0.2) is 0 Å². The highest BCUT2D eigenvalue weighted by atomic mass is 16.5. The van der Waals surface area contributed by atoms with Crippen LogP contribution < -0.4 is 0 Å². The second-order valence-electron chi connectivity index (χ2n) is 3.14. The highest BCUT2D eigenvalue weighted by molar-refractivity contribution is 5.69. The topological polar surface area (TPSA) is 26.3 Å². The molecule has 0 aliphatic heterocycles. The van der Waals surface area contributed by atoms with Crippen molar-refractivity contribution in [3.8, 4) is 0 Å². The molecule has 0 N–H and O–H groups in total. The second-order valence-corrected chi connectivity index (χ2v) is 3.14. The average molecular weight is 168 g/mol. The van der Waals surface area contributed by atoms with Crippen molar-refractivity contribution in [1.82, 2.24) is 0 Å². The molecular weight excluding hydrogens is 152 g/mol. The Labute approximate surface area is 73.6 Å². The fraction of sp³-hybridized carbons (Fsp3) is 0.700. The molecule has 0 saturated carbocycles. The van der Waals surface area contributed by atoms with Gasteiger partial charge in [-0.05, 0) is 31.8 Å². The van der Waals surface area contributed by atoms with Crippen molar-refractivity contribution in [2.75, 3.05) is 0 Å². The van der Waals surface area contributed by atoms with Crippen molar-refractivity contribution in [3.63, 3.8) is 0 Å². The molecule has 0 unspecified atom stereocenters. The number of esters is 1. The zero-order valence-corrected chi connectivity index (χ0v) is 7.58. The molecule has 0 aromatic carbocycles. The lowest BCUT2D eigenvalue weighted by atomic mass is 10.1. The van der Waals surface area contributed by atoms with Gasteiger partial charge < -0.3 is 4.74 Å². The summed E-state index contributed by atoms with van der Waals surface area (Å²) in [5.41, 5.74) is 0. The SMILES string of the molecule is CCCC(=O)O[C@H]1C=CCCC1. The van der Waals surface area contributed by atoms with Gasteiger partial charge >= 0.3 is 5.97 Å². The van der Waals surface area contributed by atoms with Gasteiger partial charge in [-0.2, -0.15) is 0 Å². The molecule has 2 heteroatoms. The highest BCUT2D eigenvalue weighted by Gasteiger charge is 2.12. The minimum absolute atomic E-state index is 0.0535. The summed E-state index contributed by atoms with van der Waals surface area (Å²) >= 11 is 0. The van der Waals surface area contributed by atoms with Gasteiger partial charge in [-0.25, -0.2) is 0 Å². The zero-order valence-electron chi connectivity index (χ0n) is 7.58. The maximum absolute atomic E-state index is 11.1. The smallest absolute Gasteiger partial charge is 0.306 e. The summed E-state index contributed by atoms with van der Waals surface area (Å²) in [7, 11) is 0. The standard InChI is InChI=1S/C10H16O2/c1-2-6-10(11)12-9-7-4-3-5-8-9/h4,7,9H,2-3,5-6,8H2,1H3/t9-/m0/s1. The third-order valence-corrected chi connectivity index (χ3v) is 1.95. The van der Waals surface area contributed by atoms with Gasteiger partial charge in [0.2, 0.25) is 0 Å². The van der Waals surface area contributed by atoms with E-state index in [1.54, 1.807) is 0 Å². The van der Waals surface area contributed by atoms with Crippen LogP contribution in [0.2, 0.25) is 0 Å². The Bertz CT molecular complexity index is 173. The average Bonchev–Trinajstić information content (AvgIpc) is 2.06. The van der Waals surface area contributed by atoms with E-state index in [1.165, 1.54) is 0 Å². The number of hydrogen-bond acceptors (Lipinski definition) is 2. The van der Waals surface area contributed by atoms with Crippen LogP contribution in [-0.4, -0.2) is 12.1 Å². The predicted octanol–water partition coefficient (Wildman–Crippen LogP) is 2.44. The minimum Gasteiger partial charge on any atom is -0.458 e. The van der Waals surface area contributed by atoms with Gasteiger partial charge in [0.25, 0.3) is 0 Å². The van der Waals surface area contributed by atoms with E-state index in [2.05, 4.69) is 6.08 Å². The lowest BCUT2D eigenvalue weighted by Gasteiger charge is -2.16. The van der Waals surface area contributed by atoms with Crippen molar-refractivity contribution in [2.45, 2.75) is 45.1 Å². The number of hydrogen-bond donors (Lipinski definition) is 0. The van der Waals surface area contributed by atoms with Gasteiger partial charge in [-0.3, -0.25) is 4.79 Å². The molecule has 0 heterocycles. The van der Waals surface area contributed by atoms with Crippen LogP contribution in [0.1, 0.15) is 39.0 Å². The molecule has 0 spiro atoms. The number of allylic oxidation sites excluding steroid dienone is 1. The van der Waals surface area contributed by atoms with E-state index in [0.717, 1.165) is 25.7 Å². The van der Waals surface area contributed by atoms with Crippen LogP contribution >= 0.6 is 0 Å². The molecule has 0 aromatic rings. The first-order chi connectivity index (χ1) is 5.83. The Morgan fingerprint density at radius 2 is 2.50 bits per heavy atom. The van der Waals surface area contributed by atoms with Crippen molar-refractivity contribution in [2.24, 2.45) is 0 Å². The Hall–Kier alpha value is -0.790. The number of rotatable bonds is 3. The summed E-state index contributed by atoms with van der Waals surface area (Å²) in [5.74, 6) is -0.0611. The Kier molecular flexibility index (Phi) is 3.85. The minimum atomic E-state index is -0.0611. The number of ether oxygens (including phenoxy) is 1. The summed E-state index contributed by atoms with van der Waals surface area (Å²) in [6.07, 6.45) is 8.82. The third kappa shape index (κ3) is 3.07. The Balaban J connectivity index is 2.25. The van der Waals surface area contributed by atoms with E-state index in [1.807, 2.05) is 13.0 Å². The van der Waals surface area contributed by atoms with E-state index in [9.17, 15) is 4.79 Å². The molecule has 0 fully saturated rings. The number of carbonyl (C=O) groups is 1. The summed E-state index contributed by atoms with van der Waals surface area (Å²) in [5, 5.41) is 0. The first kappa shape index (κ1) is 9.30. The molecule has 0 radical (unpaired) electrons. The van der Waals surface area contributed by atoms with E-state index in [-0.39, 0.29) is 12.1 Å². The molecular formula is C10H16O2. The fourth-order valence-corrected chi connectivity index (χ4v) is 1.31. The van der Waals surface area contributed by atoms with Gasteiger partial charge in [-0.15, -0.1) is 0 Å². The Morgan fingerprint density at radius 1 is 1.67 bits per heavy atom. The molecule has 0 bridgehead atoms. The molecule has 12 heavy (non-hydrogen) atoms. The molecule has 1 aliphatic rings. The summed E-state index contributed by atoms with van der Waals surface area (Å²) in [6.45, 7) is 1.98. The van der Waals surface area contributed by atoms with Crippen LogP contribution in [0.4, 0.5) is 0 Å². The maximum atomic E-state index is 11.1. The second kappa shape index (κ2) is 4.96. The lowest BCUT2D eigenvalue weighted by Crippen LogP contribution is -2.17. The molecule has 68 valence electrons. The number of carbonyl (C=O) groups excluding carboxylic acids is 1. The maximum Gasteiger partial charge on any atom is 0.306 e. The van der Waals surface area contributed by atoms with Crippen molar-refractivity contribution >= 4 is 5.97 Å². The normalized spacial score (nSPS) is 22.2. The fourth-order valence-electron chi connectivity index (χ4n) is 1.31. The summed E-state index contributed by atoms with van der Waals surface area (Å²) in [4.78, 5) is 11.1. The van der Waals surface area contributed by atoms with E-state index >= 15 is 0 Å². The van der Waals surface area contributed by atoms with Crippen molar-refractivity contribution < 1.29 is 9.53 Å². The van der Waals surface area contributed by atoms with Crippen LogP contribution in [-0.2, 0) is 9.53 Å². The van der Waals surface area contributed by atoms with Gasteiger partial charge in [0, 0.05) is 6.42 Å². The van der Waals surface area contributed by atoms with E-state index < -0.39 is 0 Å². The largest absolute Gasteiger partial charge is 0.458 e. The monoisotopic (exact) mass is 168 g/mol. The van der Waals surface area contributed by atoms with Crippen LogP contribution in [0.5, 0.6) is 0 Å². The molecule has 1 atom stereocenters. The first-order valence-corrected chi connectivity index (χ1v) is 4.69. The predicted molar refractivity (Wildman–Crippen MR) is 47.8 cm³/mol. The quantitative estimate of drug-likeness (QED) is 0.478. The van der Waals surface area contributed by atoms with Crippen molar-refractivity contribution in [1.29, 1.82) is 0 Å². The Morgan fingerprint density at radius 3 is 3.08 bits per heavy atom. The van der Waals surface area contributed by atoms with E-state index in [4.69, 9.17) is 4.74 Å². The van der Waals surface area contributed by atoms with Crippen LogP contribution in [0.3, 0.4) is 0 Å². The van der Waals surface area contributed by atoms with Crippen molar-refractivity contribution in [3.05, 3.63) is 12.2 Å². The molecule has 0 aromatic heterocycles. The molecule has 1 aliphatic carbocycles. The summed E-state index contributed by atoms with van der Waals surface area (Å²) in [6, 6.07) is 0. The van der Waals surface area contributed by atoms with E-state index in [0.29, 0.717) is 6.42 Å². The third-order valence-electron chi connectivity index (χ3n) is 1.95. The van der Waals surface area contributed by atoms with Gasteiger partial charge in [-0.1, -0.05) is 13.0 Å². The van der Waals surface area contributed by atoms with Crippen LogP contribution in [0.25, 0.3) is 0 Å². The highest BCUT2D eigenvalue weighted by Crippen LogP contribution is 2.14. The zero-order chi connectivity index (χ0) is 8.81. The summed E-state index contributed by atoms with van der Waals surface area (Å²) < 4.78 is 5.21. The van der Waals surface area contributed by atoms with Crippen LogP contribution in [0, 0.1) is 0 Å². The molecule has 0 amide bonds. The molecule has 0 saturated heterocycles. The van der Waals surface area contributed by atoms with Gasteiger partial charge in [0.1, 0.15) is 6.10 Å².